The number of nitrogens with two attached hydrogens (primary N) is 1. The predicted octanol–water partition coefficient (Wildman–Crippen LogP) is 2.36. The zero-order chi connectivity index (χ0) is 10.7. The van der Waals surface area contributed by atoms with Crippen LogP contribution in [0.4, 0.5) is 0 Å². The van der Waals surface area contributed by atoms with Gasteiger partial charge in [0.2, 0.25) is 0 Å². The first-order chi connectivity index (χ1) is 7.33. The maximum atomic E-state index is 5.58. The Labute approximate surface area is 88.9 Å². The zero-order valence-electron chi connectivity index (χ0n) is 8.73. The normalized spacial score (nSPS) is 10.5. The van der Waals surface area contributed by atoms with Crippen LogP contribution < -0.4 is 5.73 Å². The van der Waals surface area contributed by atoms with Gasteiger partial charge in [-0.2, -0.15) is 0 Å². The molecule has 0 bridgehead atoms. The molecule has 78 valence electrons. The van der Waals surface area contributed by atoms with Crippen molar-refractivity contribution in [2.75, 3.05) is 0 Å². The van der Waals surface area contributed by atoms with Gasteiger partial charge < -0.3 is 10.2 Å². The van der Waals surface area contributed by atoms with Crippen LogP contribution in [0.2, 0.25) is 0 Å². The summed E-state index contributed by atoms with van der Waals surface area (Å²) < 4.78 is 5.30. The minimum Gasteiger partial charge on any atom is -0.448 e. The Bertz CT molecular complexity index is 448. The lowest BCUT2D eigenvalue weighted by Crippen LogP contribution is -1.95. The average molecular weight is 202 g/mol. The molecular formula is C12H14N2O. The molecule has 3 nitrogen and oxygen atoms in total. The Hall–Kier alpha value is -1.61. The third kappa shape index (κ3) is 2.07. The fourth-order valence-corrected chi connectivity index (χ4v) is 1.46. The van der Waals surface area contributed by atoms with Crippen LogP contribution in [-0.2, 0) is 13.0 Å². The highest BCUT2D eigenvalue weighted by molar-refractivity contribution is 5.58. The van der Waals surface area contributed by atoms with Gasteiger partial charge >= 0.3 is 0 Å². The number of hydrogen-bond acceptors (Lipinski definition) is 3. The van der Waals surface area contributed by atoms with E-state index in [1.807, 2.05) is 31.2 Å². The lowest BCUT2D eigenvalue weighted by molar-refractivity contribution is 0.502. The van der Waals surface area contributed by atoms with E-state index in [0.717, 1.165) is 29.1 Å². The van der Waals surface area contributed by atoms with Gasteiger partial charge in [-0.15, -0.1) is 0 Å². The van der Waals surface area contributed by atoms with Crippen LogP contribution >= 0.6 is 0 Å². The van der Waals surface area contributed by atoms with Gasteiger partial charge in [0.05, 0.1) is 0 Å². The standard InChI is InChI=1S/C12H14N2O/c1-2-12-14-11(8-15-12)10-5-3-4-9(6-10)7-13/h3-6,8H,2,7,13H2,1H3. The molecule has 0 atom stereocenters. The molecule has 0 fully saturated rings. The fraction of sp³-hybridized carbons (Fsp3) is 0.250. The highest BCUT2D eigenvalue weighted by Gasteiger charge is 2.04. The van der Waals surface area contributed by atoms with Crippen molar-refractivity contribution >= 4 is 0 Å². The Morgan fingerprint density at radius 1 is 1.40 bits per heavy atom. The summed E-state index contributed by atoms with van der Waals surface area (Å²) in [5, 5.41) is 0. The maximum absolute atomic E-state index is 5.58. The molecule has 2 rings (SSSR count). The zero-order valence-corrected chi connectivity index (χ0v) is 8.73. The van der Waals surface area contributed by atoms with Gasteiger partial charge in [-0.25, -0.2) is 4.98 Å². The molecule has 2 N–H and O–H groups in total. The Morgan fingerprint density at radius 2 is 2.27 bits per heavy atom. The van der Waals surface area contributed by atoms with E-state index in [1.54, 1.807) is 6.26 Å². The van der Waals surface area contributed by atoms with Gasteiger partial charge in [-0.3, -0.25) is 0 Å². The van der Waals surface area contributed by atoms with Crippen molar-refractivity contribution in [3.63, 3.8) is 0 Å². The molecule has 0 unspecified atom stereocenters. The summed E-state index contributed by atoms with van der Waals surface area (Å²) in [5.41, 5.74) is 8.62. The Morgan fingerprint density at radius 3 is 2.93 bits per heavy atom. The summed E-state index contributed by atoms with van der Waals surface area (Å²) in [4.78, 5) is 4.37. The Balaban J connectivity index is 2.35. The molecule has 1 aromatic heterocycles. The van der Waals surface area contributed by atoms with Crippen LogP contribution in [0.5, 0.6) is 0 Å². The molecular weight excluding hydrogens is 188 g/mol. The van der Waals surface area contributed by atoms with Crippen LogP contribution in [0.15, 0.2) is 34.9 Å². The highest BCUT2D eigenvalue weighted by atomic mass is 16.3. The Kier molecular flexibility index (Phi) is 2.83. The largest absolute Gasteiger partial charge is 0.448 e. The van der Waals surface area contributed by atoms with Crippen molar-refractivity contribution in [1.29, 1.82) is 0 Å². The first-order valence-corrected chi connectivity index (χ1v) is 5.07. The van der Waals surface area contributed by atoms with E-state index in [1.165, 1.54) is 0 Å². The fourth-order valence-electron chi connectivity index (χ4n) is 1.46. The molecule has 0 amide bonds. The monoisotopic (exact) mass is 202 g/mol. The number of oxazole rings is 1. The second-order valence-corrected chi connectivity index (χ2v) is 3.38. The lowest BCUT2D eigenvalue weighted by atomic mass is 10.1. The summed E-state index contributed by atoms with van der Waals surface area (Å²) in [5.74, 6) is 0.767. The number of hydrogen-bond donors (Lipinski definition) is 1. The second-order valence-electron chi connectivity index (χ2n) is 3.38. The van der Waals surface area contributed by atoms with Crippen LogP contribution in [0.3, 0.4) is 0 Å². The van der Waals surface area contributed by atoms with Crippen molar-refractivity contribution in [1.82, 2.24) is 4.98 Å². The molecule has 0 aliphatic carbocycles. The van der Waals surface area contributed by atoms with Gasteiger partial charge in [0, 0.05) is 18.5 Å². The minimum atomic E-state index is 0.548. The van der Waals surface area contributed by atoms with Gasteiger partial charge in [-0.1, -0.05) is 25.1 Å². The predicted molar refractivity (Wildman–Crippen MR) is 59.2 cm³/mol. The van der Waals surface area contributed by atoms with Crippen molar-refractivity contribution in [3.8, 4) is 11.3 Å². The number of rotatable bonds is 3. The summed E-state index contributed by atoms with van der Waals surface area (Å²) in [6.45, 7) is 2.57. The summed E-state index contributed by atoms with van der Waals surface area (Å²) >= 11 is 0. The van der Waals surface area contributed by atoms with Gasteiger partial charge in [0.1, 0.15) is 12.0 Å². The van der Waals surface area contributed by atoms with E-state index in [9.17, 15) is 0 Å². The molecule has 0 aliphatic rings. The minimum absolute atomic E-state index is 0.548. The van der Waals surface area contributed by atoms with E-state index in [2.05, 4.69) is 4.98 Å². The summed E-state index contributed by atoms with van der Waals surface area (Å²) in [6, 6.07) is 8.04. The SMILES string of the molecule is CCc1nc(-c2cccc(CN)c2)co1. The van der Waals surface area contributed by atoms with Gasteiger partial charge in [0.15, 0.2) is 5.89 Å². The van der Waals surface area contributed by atoms with E-state index in [-0.39, 0.29) is 0 Å². The molecule has 2 aromatic rings. The maximum Gasteiger partial charge on any atom is 0.194 e. The number of benzene rings is 1. The van der Waals surface area contributed by atoms with Gasteiger partial charge in [0.25, 0.3) is 0 Å². The van der Waals surface area contributed by atoms with Gasteiger partial charge in [-0.05, 0) is 11.6 Å². The van der Waals surface area contributed by atoms with E-state index < -0.39 is 0 Å². The first kappa shape index (κ1) is 9.93. The average Bonchev–Trinajstić information content (AvgIpc) is 2.78. The smallest absolute Gasteiger partial charge is 0.194 e. The highest BCUT2D eigenvalue weighted by Crippen LogP contribution is 2.19. The van der Waals surface area contributed by atoms with Crippen molar-refractivity contribution < 1.29 is 4.42 Å². The van der Waals surface area contributed by atoms with Crippen LogP contribution in [0, 0.1) is 0 Å². The van der Waals surface area contributed by atoms with Crippen LogP contribution in [0.1, 0.15) is 18.4 Å². The van der Waals surface area contributed by atoms with Crippen molar-refractivity contribution in [2.24, 2.45) is 5.73 Å². The first-order valence-electron chi connectivity index (χ1n) is 5.07. The number of aryl methyl sites for hydroxylation is 1. The lowest BCUT2D eigenvalue weighted by Gasteiger charge is -1.99. The van der Waals surface area contributed by atoms with Crippen LogP contribution in [0.25, 0.3) is 11.3 Å². The molecule has 0 radical (unpaired) electrons. The van der Waals surface area contributed by atoms with E-state index in [0.29, 0.717) is 6.54 Å². The molecule has 0 spiro atoms. The number of aromatic nitrogens is 1. The molecule has 0 saturated carbocycles. The molecule has 15 heavy (non-hydrogen) atoms. The topological polar surface area (TPSA) is 52.0 Å². The van der Waals surface area contributed by atoms with Crippen molar-refractivity contribution in [2.45, 2.75) is 19.9 Å². The third-order valence-electron chi connectivity index (χ3n) is 2.31. The van der Waals surface area contributed by atoms with Crippen LogP contribution in [-0.4, -0.2) is 4.98 Å². The summed E-state index contributed by atoms with van der Waals surface area (Å²) in [6.07, 6.45) is 2.51. The van der Waals surface area contributed by atoms with Crippen molar-refractivity contribution in [3.05, 3.63) is 42.0 Å². The molecule has 0 aliphatic heterocycles. The summed E-state index contributed by atoms with van der Waals surface area (Å²) in [7, 11) is 0. The molecule has 1 aromatic carbocycles. The van der Waals surface area contributed by atoms with E-state index in [4.69, 9.17) is 10.2 Å². The molecule has 3 heteroatoms. The molecule has 1 heterocycles. The quantitative estimate of drug-likeness (QED) is 0.831. The number of nitrogens with zero attached hydrogens (tertiary/aromatic N) is 1. The second kappa shape index (κ2) is 4.28. The van der Waals surface area contributed by atoms with E-state index >= 15 is 0 Å². The molecule has 0 saturated heterocycles. The third-order valence-corrected chi connectivity index (χ3v) is 2.31.